The smallest absolute Gasteiger partial charge is 0.349 e. The average molecular weight is 445 g/mol. The van der Waals surface area contributed by atoms with Gasteiger partial charge in [0.2, 0.25) is 5.89 Å². The fourth-order valence-corrected chi connectivity index (χ4v) is 6.49. The molecule has 0 radical (unpaired) electrons. The number of phenolic OH excluding ortho intramolecular Hbond substituents is 1. The van der Waals surface area contributed by atoms with Gasteiger partial charge >= 0.3 is 5.63 Å². The topological polar surface area (TPSA) is 79.7 Å². The summed E-state index contributed by atoms with van der Waals surface area (Å²) in [6.45, 7) is 8.62. The minimum Gasteiger partial charge on any atom is -0.507 e. The van der Waals surface area contributed by atoms with E-state index in [1.54, 1.807) is 18.2 Å². The van der Waals surface area contributed by atoms with Crippen LogP contribution in [0.15, 0.2) is 56.1 Å². The monoisotopic (exact) mass is 444 g/mol. The molecule has 2 fully saturated rings. The normalized spacial score (nSPS) is 24.6. The maximum absolute atomic E-state index is 13.0. The number of likely N-dealkylation sites (tertiary alicyclic amines) is 1. The third kappa shape index (κ3) is 3.44. The molecule has 3 heterocycles. The van der Waals surface area contributed by atoms with Crippen LogP contribution in [0.1, 0.15) is 45.6 Å². The van der Waals surface area contributed by atoms with Crippen molar-refractivity contribution in [3.05, 3.63) is 58.4 Å². The summed E-state index contributed by atoms with van der Waals surface area (Å²) in [5, 5.41) is 11.5. The molecule has 2 aromatic carbocycles. The Hall–Kier alpha value is -3.12. The van der Waals surface area contributed by atoms with Gasteiger partial charge in [-0.25, -0.2) is 9.78 Å². The molecule has 6 nitrogen and oxygen atoms in total. The van der Waals surface area contributed by atoms with Crippen LogP contribution in [0.3, 0.4) is 0 Å². The lowest BCUT2D eigenvalue weighted by atomic mass is 9.65. The second-order valence-corrected chi connectivity index (χ2v) is 11.0. The van der Waals surface area contributed by atoms with Gasteiger partial charge in [0, 0.05) is 24.5 Å². The van der Waals surface area contributed by atoms with Gasteiger partial charge in [0.05, 0.1) is 5.56 Å². The highest BCUT2D eigenvalue weighted by Crippen LogP contribution is 2.53. The third-order valence-corrected chi connectivity index (χ3v) is 7.39. The summed E-state index contributed by atoms with van der Waals surface area (Å²) in [5.41, 5.74) is 2.77. The van der Waals surface area contributed by atoms with Crippen molar-refractivity contribution in [3.63, 3.8) is 0 Å². The second kappa shape index (κ2) is 6.94. The predicted octanol–water partition coefficient (Wildman–Crippen LogP) is 5.71. The molecule has 6 heteroatoms. The van der Waals surface area contributed by atoms with Crippen molar-refractivity contribution < 1.29 is 13.9 Å². The highest BCUT2D eigenvalue weighted by molar-refractivity contribution is 5.85. The van der Waals surface area contributed by atoms with Crippen molar-refractivity contribution in [1.82, 2.24) is 9.88 Å². The molecule has 1 saturated carbocycles. The van der Waals surface area contributed by atoms with E-state index in [4.69, 9.17) is 8.83 Å². The maximum atomic E-state index is 13.0. The Morgan fingerprint density at radius 3 is 2.76 bits per heavy atom. The van der Waals surface area contributed by atoms with Gasteiger partial charge in [0.25, 0.3) is 0 Å². The lowest BCUT2D eigenvalue weighted by molar-refractivity contribution is 0.126. The first-order valence-electron chi connectivity index (χ1n) is 11.6. The SMILES string of the molecule is CC1(C)C[C@H]2C[C@](C)(CN2Cc2c(O)ccc3cc(-c4nc5ccccc5o4)c(=O)oc23)C1. The van der Waals surface area contributed by atoms with Crippen LogP contribution in [0.25, 0.3) is 33.5 Å². The van der Waals surface area contributed by atoms with E-state index in [1.807, 2.05) is 24.3 Å². The van der Waals surface area contributed by atoms with Gasteiger partial charge in [-0.15, -0.1) is 0 Å². The number of nitrogens with zero attached hydrogens (tertiary/aromatic N) is 2. The summed E-state index contributed by atoms with van der Waals surface area (Å²) in [5.74, 6) is 0.399. The Morgan fingerprint density at radius 1 is 1.12 bits per heavy atom. The molecular formula is C27H28N2O4. The summed E-state index contributed by atoms with van der Waals surface area (Å²) >= 11 is 0. The first-order chi connectivity index (χ1) is 15.7. The van der Waals surface area contributed by atoms with Crippen LogP contribution in [0, 0.1) is 10.8 Å². The van der Waals surface area contributed by atoms with Crippen LogP contribution in [-0.4, -0.2) is 27.6 Å². The molecule has 4 aromatic rings. The van der Waals surface area contributed by atoms with E-state index in [0.717, 1.165) is 18.4 Å². The highest BCUT2D eigenvalue weighted by Gasteiger charge is 2.49. The van der Waals surface area contributed by atoms with E-state index < -0.39 is 5.63 Å². The zero-order chi connectivity index (χ0) is 23.0. The Kier molecular flexibility index (Phi) is 4.31. The molecule has 2 atom stereocenters. The molecule has 1 N–H and O–H groups in total. The minimum atomic E-state index is -0.519. The first kappa shape index (κ1) is 20.5. The number of rotatable bonds is 3. The number of hydrogen-bond acceptors (Lipinski definition) is 6. The van der Waals surface area contributed by atoms with Gasteiger partial charge in [0.1, 0.15) is 22.4 Å². The van der Waals surface area contributed by atoms with Gasteiger partial charge in [0.15, 0.2) is 5.58 Å². The van der Waals surface area contributed by atoms with Crippen LogP contribution in [0.5, 0.6) is 5.75 Å². The average Bonchev–Trinajstić information content (AvgIpc) is 3.27. The fourth-order valence-electron chi connectivity index (χ4n) is 6.49. The van der Waals surface area contributed by atoms with Crippen LogP contribution in [0.2, 0.25) is 0 Å². The summed E-state index contributed by atoms with van der Waals surface area (Å²) in [7, 11) is 0. The molecule has 1 aliphatic carbocycles. The van der Waals surface area contributed by atoms with Gasteiger partial charge < -0.3 is 13.9 Å². The number of aromatic nitrogens is 1. The highest BCUT2D eigenvalue weighted by atomic mass is 16.4. The number of para-hydroxylation sites is 2. The van der Waals surface area contributed by atoms with Gasteiger partial charge in [-0.05, 0) is 60.4 Å². The standard InChI is InChI=1S/C27H28N2O4/c1-26(2)11-17-12-27(3,14-26)15-29(17)13-19-21(30)9-8-16-10-18(25(31)33-23(16)19)24-28-20-6-4-5-7-22(20)32-24/h4-10,17,30H,11-15H2,1-3H3/t17-,27-/m0/s1. The Morgan fingerprint density at radius 2 is 1.94 bits per heavy atom. The summed E-state index contributed by atoms with van der Waals surface area (Å²) < 4.78 is 11.6. The molecule has 1 aliphatic heterocycles. The molecule has 1 saturated heterocycles. The van der Waals surface area contributed by atoms with E-state index in [9.17, 15) is 9.90 Å². The Labute approximate surface area is 191 Å². The number of fused-ring (bicyclic) bond motifs is 4. The summed E-state index contributed by atoms with van der Waals surface area (Å²) in [6.07, 6.45) is 3.52. The third-order valence-electron chi connectivity index (χ3n) is 7.39. The maximum Gasteiger partial charge on any atom is 0.349 e. The van der Waals surface area contributed by atoms with Crippen molar-refractivity contribution in [2.45, 2.75) is 52.6 Å². The van der Waals surface area contributed by atoms with Crippen molar-refractivity contribution >= 4 is 22.1 Å². The molecule has 0 unspecified atom stereocenters. The number of hydrogen-bond donors (Lipinski definition) is 1. The van der Waals surface area contributed by atoms with E-state index in [1.165, 1.54) is 12.8 Å². The molecule has 2 bridgehead atoms. The van der Waals surface area contributed by atoms with Crippen LogP contribution in [0.4, 0.5) is 0 Å². The minimum absolute atomic E-state index is 0.158. The zero-order valence-corrected chi connectivity index (χ0v) is 19.2. The second-order valence-electron chi connectivity index (χ2n) is 11.0. The fraction of sp³-hybridized carbons (Fsp3) is 0.407. The van der Waals surface area contributed by atoms with E-state index >= 15 is 0 Å². The summed E-state index contributed by atoms with van der Waals surface area (Å²) in [4.78, 5) is 19.9. The number of benzene rings is 2. The lowest BCUT2D eigenvalue weighted by Crippen LogP contribution is -2.34. The molecule has 6 rings (SSSR count). The molecule has 2 aliphatic rings. The van der Waals surface area contributed by atoms with Crippen molar-refractivity contribution in [2.24, 2.45) is 10.8 Å². The van der Waals surface area contributed by atoms with E-state index in [0.29, 0.717) is 40.2 Å². The Bertz CT molecular complexity index is 1420. The van der Waals surface area contributed by atoms with Crippen molar-refractivity contribution in [1.29, 1.82) is 0 Å². The van der Waals surface area contributed by atoms with E-state index in [2.05, 4.69) is 30.7 Å². The molecule has 0 amide bonds. The summed E-state index contributed by atoms with van der Waals surface area (Å²) in [6, 6.07) is 13.1. The number of oxazole rings is 1. The number of phenols is 1. The van der Waals surface area contributed by atoms with Gasteiger partial charge in [-0.1, -0.05) is 32.9 Å². The molecular weight excluding hydrogens is 416 g/mol. The van der Waals surface area contributed by atoms with Crippen molar-refractivity contribution in [3.8, 4) is 17.2 Å². The molecule has 170 valence electrons. The van der Waals surface area contributed by atoms with Crippen LogP contribution < -0.4 is 5.63 Å². The largest absolute Gasteiger partial charge is 0.507 e. The van der Waals surface area contributed by atoms with Crippen LogP contribution in [-0.2, 0) is 6.54 Å². The molecule has 0 spiro atoms. The lowest BCUT2D eigenvalue weighted by Gasteiger charge is -2.40. The number of aromatic hydroxyl groups is 1. The van der Waals surface area contributed by atoms with Crippen LogP contribution >= 0.6 is 0 Å². The molecule has 33 heavy (non-hydrogen) atoms. The molecule has 2 aromatic heterocycles. The van der Waals surface area contributed by atoms with Gasteiger partial charge in [-0.2, -0.15) is 0 Å². The van der Waals surface area contributed by atoms with Gasteiger partial charge in [-0.3, -0.25) is 4.90 Å². The predicted molar refractivity (Wildman–Crippen MR) is 127 cm³/mol. The quantitative estimate of drug-likeness (QED) is 0.408. The first-order valence-corrected chi connectivity index (χ1v) is 11.6. The zero-order valence-electron chi connectivity index (χ0n) is 19.2. The Balaban J connectivity index is 1.40. The van der Waals surface area contributed by atoms with E-state index in [-0.39, 0.29) is 22.6 Å². The van der Waals surface area contributed by atoms with Crippen molar-refractivity contribution in [2.75, 3.05) is 6.54 Å².